The van der Waals surface area contributed by atoms with Gasteiger partial charge in [0.1, 0.15) is 11.0 Å². The van der Waals surface area contributed by atoms with Crippen molar-refractivity contribution < 1.29 is 15.1 Å². The monoisotopic (exact) mass is 303 g/mol. The van der Waals surface area contributed by atoms with Gasteiger partial charge in [-0.15, -0.1) is 5.10 Å². The number of fused-ring (bicyclic) bond motifs is 1. The molecule has 2 aromatic carbocycles. The first-order valence-corrected chi connectivity index (χ1v) is 5.87. The zero-order valence-electron chi connectivity index (χ0n) is 10.9. The number of nitro benzene ring substituents is 2. The smallest absolute Gasteiger partial charge is 0.276 e. The summed E-state index contributed by atoms with van der Waals surface area (Å²) in [6.07, 6.45) is 0. The molecule has 0 amide bonds. The molecule has 112 valence electrons. The molecule has 0 spiro atoms. The van der Waals surface area contributed by atoms with Crippen molar-refractivity contribution >= 4 is 22.4 Å². The molecule has 0 aliphatic heterocycles. The van der Waals surface area contributed by atoms with Gasteiger partial charge in [-0.2, -0.15) is 0 Å². The summed E-state index contributed by atoms with van der Waals surface area (Å²) >= 11 is 0. The van der Waals surface area contributed by atoms with E-state index in [9.17, 15) is 20.2 Å². The van der Waals surface area contributed by atoms with Crippen LogP contribution in [0.3, 0.4) is 0 Å². The molecule has 10 heteroatoms. The summed E-state index contributed by atoms with van der Waals surface area (Å²) in [5, 5.41) is 36.4. The van der Waals surface area contributed by atoms with Gasteiger partial charge in [-0.1, -0.05) is 17.0 Å². The highest BCUT2D eigenvalue weighted by Crippen LogP contribution is 2.18. The first-order valence-electron chi connectivity index (χ1n) is 5.87. The van der Waals surface area contributed by atoms with Crippen molar-refractivity contribution in [3.05, 3.63) is 68.8 Å². The van der Waals surface area contributed by atoms with E-state index in [-0.39, 0.29) is 11.4 Å². The van der Waals surface area contributed by atoms with Gasteiger partial charge in [0, 0.05) is 12.1 Å². The standard InChI is InChI=1S/C6H5N3O.C6H4N2O4/c10-9-6-4-2-1-3-5(6)7-8-9;9-7(10)5-2-1-3-6(4-5)8(11)12/h1-4,10H;1-4H. The molecule has 3 rings (SSSR count). The molecule has 10 nitrogen and oxygen atoms in total. The lowest BCUT2D eigenvalue weighted by atomic mass is 10.3. The third-order valence-electron chi connectivity index (χ3n) is 2.59. The van der Waals surface area contributed by atoms with Gasteiger partial charge in [0.15, 0.2) is 0 Å². The predicted octanol–water partition coefficient (Wildman–Crippen LogP) is 2.17. The minimum Gasteiger partial charge on any atom is -0.410 e. The molecule has 0 radical (unpaired) electrons. The summed E-state index contributed by atoms with van der Waals surface area (Å²) in [6.45, 7) is 0. The van der Waals surface area contributed by atoms with Crippen LogP contribution in [-0.2, 0) is 0 Å². The molecule has 0 fully saturated rings. The van der Waals surface area contributed by atoms with Crippen LogP contribution >= 0.6 is 0 Å². The van der Waals surface area contributed by atoms with Crippen molar-refractivity contribution in [2.24, 2.45) is 0 Å². The molecule has 0 bridgehead atoms. The van der Waals surface area contributed by atoms with Gasteiger partial charge < -0.3 is 5.21 Å². The number of nitrogens with zero attached hydrogens (tertiary/aromatic N) is 5. The Morgan fingerprint density at radius 3 is 2.09 bits per heavy atom. The van der Waals surface area contributed by atoms with E-state index < -0.39 is 9.85 Å². The van der Waals surface area contributed by atoms with Crippen LogP contribution in [0.2, 0.25) is 0 Å². The molecule has 1 N–H and O–H groups in total. The Balaban J connectivity index is 0.000000162. The highest BCUT2D eigenvalue weighted by molar-refractivity contribution is 5.73. The Morgan fingerprint density at radius 2 is 1.55 bits per heavy atom. The number of rotatable bonds is 2. The maximum Gasteiger partial charge on any atom is 0.276 e. The van der Waals surface area contributed by atoms with E-state index in [1.54, 1.807) is 12.1 Å². The Morgan fingerprint density at radius 1 is 0.955 bits per heavy atom. The van der Waals surface area contributed by atoms with Gasteiger partial charge >= 0.3 is 0 Å². The van der Waals surface area contributed by atoms with E-state index in [1.165, 1.54) is 18.2 Å². The second-order valence-corrected chi connectivity index (χ2v) is 4.00. The highest BCUT2D eigenvalue weighted by atomic mass is 16.6. The lowest BCUT2D eigenvalue weighted by Gasteiger charge is -1.90. The van der Waals surface area contributed by atoms with Gasteiger partial charge in [-0.25, -0.2) is 0 Å². The van der Waals surface area contributed by atoms with Crippen LogP contribution in [0, 0.1) is 20.2 Å². The Bertz CT molecular complexity index is 802. The maximum absolute atomic E-state index is 10.2. The first-order chi connectivity index (χ1) is 10.5. The molecule has 1 aromatic heterocycles. The number of benzene rings is 2. The molecule has 0 aliphatic rings. The van der Waals surface area contributed by atoms with Crippen LogP contribution in [0.4, 0.5) is 11.4 Å². The number of aromatic nitrogens is 3. The molecule has 0 saturated heterocycles. The van der Waals surface area contributed by atoms with Gasteiger partial charge in [0.25, 0.3) is 11.4 Å². The molecular weight excluding hydrogens is 294 g/mol. The van der Waals surface area contributed by atoms with Crippen LogP contribution in [-0.4, -0.2) is 30.2 Å². The predicted molar refractivity (Wildman–Crippen MR) is 74.5 cm³/mol. The Kier molecular flexibility index (Phi) is 4.22. The number of para-hydroxylation sites is 1. The van der Waals surface area contributed by atoms with Crippen molar-refractivity contribution in [3.63, 3.8) is 0 Å². The molecule has 0 aliphatic carbocycles. The molecule has 1 heterocycles. The lowest BCUT2D eigenvalue weighted by Crippen LogP contribution is -1.91. The average Bonchev–Trinajstić information content (AvgIpc) is 2.90. The van der Waals surface area contributed by atoms with Crippen LogP contribution in [0.25, 0.3) is 11.0 Å². The summed E-state index contributed by atoms with van der Waals surface area (Å²) in [6, 6.07) is 11.8. The van der Waals surface area contributed by atoms with E-state index in [4.69, 9.17) is 5.21 Å². The Hall–Kier alpha value is -3.56. The highest BCUT2D eigenvalue weighted by Gasteiger charge is 2.11. The van der Waals surface area contributed by atoms with E-state index in [1.807, 2.05) is 12.1 Å². The molecule has 3 aromatic rings. The van der Waals surface area contributed by atoms with E-state index in [0.29, 0.717) is 11.0 Å². The third-order valence-corrected chi connectivity index (χ3v) is 2.59. The molecule has 22 heavy (non-hydrogen) atoms. The summed E-state index contributed by atoms with van der Waals surface area (Å²) in [7, 11) is 0. The molecular formula is C12H9N5O5. The van der Waals surface area contributed by atoms with Crippen LogP contribution < -0.4 is 0 Å². The fourth-order valence-electron chi connectivity index (χ4n) is 1.58. The van der Waals surface area contributed by atoms with Crippen molar-refractivity contribution in [1.29, 1.82) is 0 Å². The van der Waals surface area contributed by atoms with Gasteiger partial charge in [-0.3, -0.25) is 20.2 Å². The van der Waals surface area contributed by atoms with Crippen LogP contribution in [0.1, 0.15) is 0 Å². The SMILES string of the molecule is O=[N+]([O-])c1cccc([N+](=O)[O-])c1.On1nnc2ccccc21. The van der Waals surface area contributed by atoms with E-state index >= 15 is 0 Å². The average molecular weight is 303 g/mol. The second-order valence-electron chi connectivity index (χ2n) is 4.00. The Labute approximate surface area is 122 Å². The van der Waals surface area contributed by atoms with Crippen LogP contribution in [0.15, 0.2) is 48.5 Å². The lowest BCUT2D eigenvalue weighted by molar-refractivity contribution is -0.394. The summed E-state index contributed by atoms with van der Waals surface area (Å²) in [5.74, 6) is 0. The van der Waals surface area contributed by atoms with E-state index in [0.717, 1.165) is 10.9 Å². The number of hydrogen-bond donors (Lipinski definition) is 1. The quantitative estimate of drug-likeness (QED) is 0.435. The fraction of sp³-hybridized carbons (Fsp3) is 0. The van der Waals surface area contributed by atoms with E-state index in [2.05, 4.69) is 10.3 Å². The minimum absolute atomic E-state index is 0.274. The maximum atomic E-state index is 10.2. The summed E-state index contributed by atoms with van der Waals surface area (Å²) in [4.78, 5) is 19.7. The zero-order valence-corrected chi connectivity index (χ0v) is 10.9. The van der Waals surface area contributed by atoms with Crippen molar-refractivity contribution in [2.45, 2.75) is 0 Å². The van der Waals surface area contributed by atoms with Gasteiger partial charge in [0.05, 0.1) is 15.9 Å². The topological polar surface area (TPSA) is 137 Å². The zero-order chi connectivity index (χ0) is 16.1. The largest absolute Gasteiger partial charge is 0.410 e. The van der Waals surface area contributed by atoms with Gasteiger partial charge in [0.2, 0.25) is 0 Å². The number of hydrogen-bond acceptors (Lipinski definition) is 7. The first kappa shape index (κ1) is 14.8. The van der Waals surface area contributed by atoms with Crippen molar-refractivity contribution in [2.75, 3.05) is 0 Å². The normalized spacial score (nSPS) is 9.82. The number of non-ortho nitro benzene ring substituents is 2. The summed E-state index contributed by atoms with van der Waals surface area (Å²) < 4.78 is 0. The third kappa shape index (κ3) is 3.30. The van der Waals surface area contributed by atoms with Crippen LogP contribution in [0.5, 0.6) is 0 Å². The van der Waals surface area contributed by atoms with Crippen molar-refractivity contribution in [3.8, 4) is 0 Å². The molecule has 0 atom stereocenters. The molecule has 0 saturated carbocycles. The van der Waals surface area contributed by atoms with Crippen molar-refractivity contribution in [1.82, 2.24) is 15.2 Å². The summed E-state index contributed by atoms with van der Waals surface area (Å²) in [5.41, 5.74) is 0.779. The second kappa shape index (κ2) is 6.26. The van der Waals surface area contributed by atoms with Gasteiger partial charge in [-0.05, 0) is 23.4 Å². The fourth-order valence-corrected chi connectivity index (χ4v) is 1.58. The molecule has 0 unspecified atom stereocenters. The number of nitro groups is 2. The minimum atomic E-state index is -0.674.